The van der Waals surface area contributed by atoms with Gasteiger partial charge in [0.2, 0.25) is 5.91 Å². The van der Waals surface area contributed by atoms with E-state index in [1.807, 2.05) is 0 Å². The fourth-order valence-corrected chi connectivity index (χ4v) is 3.35. The summed E-state index contributed by atoms with van der Waals surface area (Å²) >= 11 is 0. The molecule has 0 aliphatic heterocycles. The fraction of sp³-hybridized carbons (Fsp3) is 0.143. The minimum Gasteiger partial charge on any atom is -0.366 e. The van der Waals surface area contributed by atoms with Crippen LogP contribution in [0, 0.1) is 0 Å². The second-order valence-electron chi connectivity index (χ2n) is 7.18. The average Bonchev–Trinajstić information content (AvgIpc) is 3.33. The van der Waals surface area contributed by atoms with Crippen molar-refractivity contribution in [2.75, 3.05) is 0 Å². The highest BCUT2D eigenvalue weighted by Crippen LogP contribution is 2.24. The number of nitrogens with two attached hydrogens (primary N) is 1. The molecule has 4 aromatic rings. The van der Waals surface area contributed by atoms with Crippen molar-refractivity contribution in [2.45, 2.75) is 18.9 Å². The number of hydrogen-bond donors (Lipinski definition) is 3. The van der Waals surface area contributed by atoms with E-state index < -0.39 is 5.91 Å². The second-order valence-corrected chi connectivity index (χ2v) is 7.18. The van der Waals surface area contributed by atoms with Gasteiger partial charge in [-0.1, -0.05) is 12.1 Å². The predicted octanol–water partition coefficient (Wildman–Crippen LogP) is 2.04. The van der Waals surface area contributed by atoms with Gasteiger partial charge < -0.3 is 11.1 Å². The topological polar surface area (TPSA) is 122 Å². The van der Waals surface area contributed by atoms with Gasteiger partial charge in [-0.25, -0.2) is 9.50 Å². The van der Waals surface area contributed by atoms with Crippen molar-refractivity contribution in [1.29, 1.82) is 0 Å². The monoisotopic (exact) mass is 387 g/mol. The Morgan fingerprint density at radius 1 is 1.07 bits per heavy atom. The number of nitrogens with one attached hydrogen (secondary N) is 2. The van der Waals surface area contributed by atoms with Gasteiger partial charge in [-0.2, -0.15) is 0 Å². The maximum Gasteiger partial charge on any atom is 0.251 e. The molecule has 0 saturated heterocycles. The van der Waals surface area contributed by atoms with Crippen LogP contribution in [0.1, 0.15) is 49.5 Å². The van der Waals surface area contributed by atoms with Gasteiger partial charge in [0.25, 0.3) is 5.91 Å². The van der Waals surface area contributed by atoms with Crippen LogP contribution in [-0.4, -0.2) is 38.2 Å². The average molecular weight is 387 g/mol. The summed E-state index contributed by atoms with van der Waals surface area (Å²) in [6.45, 7) is 0. The van der Waals surface area contributed by atoms with Crippen molar-refractivity contribution in [1.82, 2.24) is 19.9 Å². The van der Waals surface area contributed by atoms with Crippen LogP contribution in [0.4, 0.5) is 0 Å². The lowest BCUT2D eigenvalue weighted by Gasteiger charge is -2.02. The third-order valence-corrected chi connectivity index (χ3v) is 5.06. The zero-order valence-electron chi connectivity index (χ0n) is 15.3. The molecule has 1 saturated carbocycles. The van der Waals surface area contributed by atoms with Gasteiger partial charge >= 0.3 is 0 Å². The Hall–Kier alpha value is -3.94. The lowest BCUT2D eigenvalue weighted by molar-refractivity contribution is 0.0949. The summed E-state index contributed by atoms with van der Waals surface area (Å²) in [6, 6.07) is 11.8. The summed E-state index contributed by atoms with van der Waals surface area (Å²) in [7, 11) is 0. The number of imidazole rings is 1. The lowest BCUT2D eigenvalue weighted by atomic mass is 10.0. The first-order valence-corrected chi connectivity index (χ1v) is 9.26. The van der Waals surface area contributed by atoms with Crippen LogP contribution in [0.15, 0.2) is 48.7 Å². The zero-order valence-corrected chi connectivity index (χ0v) is 15.3. The number of rotatable bonds is 5. The van der Waals surface area contributed by atoms with Gasteiger partial charge in [-0.3, -0.25) is 19.5 Å². The molecule has 0 spiro atoms. The summed E-state index contributed by atoms with van der Waals surface area (Å²) in [5, 5.41) is 5.99. The standard InChI is InChI=1S/C21H17N5O3/c22-19(28)12-3-1-2-11(8-12)18(27)15-10-23-26-17-9-13(21(29)24-14-5-6-14)4-7-16(17)25-20(15)26/h1-4,7-10,14,23H,5-6H2,(H2,22,28)(H,24,29). The van der Waals surface area contributed by atoms with Gasteiger partial charge in [0.05, 0.1) is 16.6 Å². The molecule has 2 heterocycles. The van der Waals surface area contributed by atoms with Gasteiger partial charge in [0.15, 0.2) is 11.4 Å². The van der Waals surface area contributed by atoms with Crippen LogP contribution in [0.3, 0.4) is 0 Å². The summed E-state index contributed by atoms with van der Waals surface area (Å²) in [4.78, 5) is 41.3. The van der Waals surface area contributed by atoms with Crippen LogP contribution in [0.2, 0.25) is 0 Å². The third kappa shape index (κ3) is 2.94. The smallest absolute Gasteiger partial charge is 0.251 e. The quantitative estimate of drug-likeness (QED) is 0.454. The number of hydrogen-bond acceptors (Lipinski definition) is 4. The van der Waals surface area contributed by atoms with E-state index in [2.05, 4.69) is 15.4 Å². The molecule has 8 heteroatoms. The molecule has 1 fully saturated rings. The first kappa shape index (κ1) is 17.2. The first-order valence-electron chi connectivity index (χ1n) is 9.26. The Kier molecular flexibility index (Phi) is 3.73. The number of aromatic amines is 1. The Bertz CT molecular complexity index is 1310. The molecule has 8 nitrogen and oxygen atoms in total. The largest absolute Gasteiger partial charge is 0.366 e. The summed E-state index contributed by atoms with van der Waals surface area (Å²) < 4.78 is 1.68. The number of primary amides is 1. The Labute approximate surface area is 164 Å². The van der Waals surface area contributed by atoms with E-state index in [9.17, 15) is 14.4 Å². The number of carbonyl (C=O) groups is 3. The number of amides is 2. The van der Waals surface area contributed by atoms with Crippen LogP contribution in [-0.2, 0) is 0 Å². The molecule has 0 radical (unpaired) electrons. The van der Waals surface area contributed by atoms with Crippen molar-refractivity contribution < 1.29 is 14.4 Å². The summed E-state index contributed by atoms with van der Waals surface area (Å²) in [6.07, 6.45) is 3.60. The maximum absolute atomic E-state index is 13.0. The Morgan fingerprint density at radius 3 is 2.62 bits per heavy atom. The fourth-order valence-electron chi connectivity index (χ4n) is 3.35. The van der Waals surface area contributed by atoms with Crippen molar-refractivity contribution in [3.8, 4) is 0 Å². The maximum atomic E-state index is 13.0. The van der Waals surface area contributed by atoms with Gasteiger partial charge in [0.1, 0.15) is 0 Å². The molecule has 4 N–H and O–H groups in total. The number of nitrogens with zero attached hydrogens (tertiary/aromatic N) is 2. The van der Waals surface area contributed by atoms with E-state index in [0.717, 1.165) is 12.8 Å². The number of aromatic nitrogens is 3. The highest BCUT2D eigenvalue weighted by molar-refractivity contribution is 6.14. The summed E-state index contributed by atoms with van der Waals surface area (Å²) in [5.41, 5.74) is 8.66. The lowest BCUT2D eigenvalue weighted by Crippen LogP contribution is -2.25. The predicted molar refractivity (Wildman–Crippen MR) is 106 cm³/mol. The second kappa shape index (κ2) is 6.30. The molecule has 0 bridgehead atoms. The van der Waals surface area contributed by atoms with E-state index >= 15 is 0 Å². The van der Waals surface area contributed by atoms with Crippen LogP contribution in [0.25, 0.3) is 16.7 Å². The first-order chi connectivity index (χ1) is 14.0. The van der Waals surface area contributed by atoms with Gasteiger partial charge in [-0.15, -0.1) is 0 Å². The zero-order chi connectivity index (χ0) is 20.1. The van der Waals surface area contributed by atoms with Crippen LogP contribution < -0.4 is 11.1 Å². The van der Waals surface area contributed by atoms with Crippen LogP contribution >= 0.6 is 0 Å². The Balaban J connectivity index is 1.55. The van der Waals surface area contributed by atoms with E-state index in [-0.39, 0.29) is 23.3 Å². The van der Waals surface area contributed by atoms with Gasteiger partial charge in [-0.05, 0) is 43.2 Å². The third-order valence-electron chi connectivity index (χ3n) is 5.06. The number of carbonyl (C=O) groups excluding carboxylic acids is 3. The van der Waals surface area contributed by atoms with E-state index in [1.165, 1.54) is 6.07 Å². The van der Waals surface area contributed by atoms with Gasteiger partial charge in [0, 0.05) is 28.9 Å². The van der Waals surface area contributed by atoms with E-state index in [0.29, 0.717) is 33.4 Å². The Morgan fingerprint density at radius 2 is 1.86 bits per heavy atom. The minimum atomic E-state index is -0.595. The van der Waals surface area contributed by atoms with E-state index in [1.54, 1.807) is 47.1 Å². The molecule has 0 unspecified atom stereocenters. The number of H-pyrrole nitrogens is 1. The molecular weight excluding hydrogens is 370 g/mol. The van der Waals surface area contributed by atoms with Crippen molar-refractivity contribution in [3.05, 3.63) is 70.9 Å². The molecule has 2 amide bonds. The minimum absolute atomic E-state index is 0.115. The molecule has 2 aromatic carbocycles. The molecule has 1 aliphatic carbocycles. The number of benzene rings is 2. The number of ketones is 1. The molecule has 1 aliphatic rings. The molecule has 5 rings (SSSR count). The SMILES string of the molecule is NC(=O)c1cccc(C(=O)c2c[nH]n3c2nc2ccc(C(=O)NC4CC4)cc23)c1. The molecular formula is C21H17N5O3. The highest BCUT2D eigenvalue weighted by Gasteiger charge is 2.24. The van der Waals surface area contributed by atoms with Crippen molar-refractivity contribution in [3.63, 3.8) is 0 Å². The summed E-state index contributed by atoms with van der Waals surface area (Å²) in [5.74, 6) is -0.987. The molecule has 0 atom stereocenters. The molecule has 29 heavy (non-hydrogen) atoms. The molecule has 144 valence electrons. The highest BCUT2D eigenvalue weighted by atomic mass is 16.2. The van der Waals surface area contributed by atoms with Crippen LogP contribution in [0.5, 0.6) is 0 Å². The normalized spacial score (nSPS) is 13.7. The molecule has 2 aromatic heterocycles. The van der Waals surface area contributed by atoms with Crippen molar-refractivity contribution in [2.24, 2.45) is 5.73 Å². The van der Waals surface area contributed by atoms with Crippen molar-refractivity contribution >= 4 is 34.3 Å². The van der Waals surface area contributed by atoms with E-state index in [4.69, 9.17) is 5.73 Å². The number of fused-ring (bicyclic) bond motifs is 3.